The molecule has 0 bridgehead atoms. The summed E-state index contributed by atoms with van der Waals surface area (Å²) >= 11 is 14.0. The van der Waals surface area contributed by atoms with E-state index in [1.807, 2.05) is 44.3 Å². The van der Waals surface area contributed by atoms with E-state index in [0.29, 0.717) is 9.53 Å². The van der Waals surface area contributed by atoms with Gasteiger partial charge in [-0.1, -0.05) is 22.9 Å². The summed E-state index contributed by atoms with van der Waals surface area (Å²) in [4.78, 5) is 10.7. The summed E-state index contributed by atoms with van der Waals surface area (Å²) < 4.78 is 6.59. The molecule has 1 aliphatic rings. The minimum Gasteiger partial charge on any atom is -0.431 e. The minimum absolute atomic E-state index is 0.385. The highest BCUT2D eigenvalue weighted by Gasteiger charge is 2.46. The van der Waals surface area contributed by atoms with Gasteiger partial charge in [0.1, 0.15) is 10.1 Å². The van der Waals surface area contributed by atoms with Gasteiger partial charge in [-0.2, -0.15) is 0 Å². The summed E-state index contributed by atoms with van der Waals surface area (Å²) in [5, 5.41) is 0.524. The standard InChI is InChI=1S/C18H21Cl2N3OS/c1-5-23(4)10-21-13-8-12(3)14(9-11(13)2)24-17-22-15(16(19)25-17)18(20)6-7-18/h8-10H,5-7H2,1-4H3/b21-10-. The van der Waals surface area contributed by atoms with Gasteiger partial charge in [-0.25, -0.2) is 9.98 Å². The number of hydrogen-bond donors (Lipinski definition) is 0. The van der Waals surface area contributed by atoms with Gasteiger partial charge in [-0.15, -0.1) is 11.6 Å². The van der Waals surface area contributed by atoms with E-state index in [0.717, 1.165) is 47.6 Å². The van der Waals surface area contributed by atoms with Crippen LogP contribution in [0.2, 0.25) is 4.34 Å². The Morgan fingerprint density at radius 3 is 2.72 bits per heavy atom. The number of aryl methyl sites for hydroxylation is 2. The average molecular weight is 398 g/mol. The van der Waals surface area contributed by atoms with E-state index in [9.17, 15) is 0 Å². The molecule has 1 aromatic heterocycles. The number of ether oxygens (including phenoxy) is 1. The highest BCUT2D eigenvalue weighted by molar-refractivity contribution is 7.17. The summed E-state index contributed by atoms with van der Waals surface area (Å²) in [5.74, 6) is 0.761. The van der Waals surface area contributed by atoms with Gasteiger partial charge in [-0.3, -0.25) is 0 Å². The van der Waals surface area contributed by atoms with Gasteiger partial charge in [0, 0.05) is 13.6 Å². The molecule has 4 nitrogen and oxygen atoms in total. The van der Waals surface area contributed by atoms with Gasteiger partial charge in [0.05, 0.1) is 22.6 Å². The van der Waals surface area contributed by atoms with Gasteiger partial charge in [-0.05, 0) is 56.9 Å². The summed E-state index contributed by atoms with van der Waals surface area (Å²) in [5.41, 5.74) is 3.71. The lowest BCUT2D eigenvalue weighted by Crippen LogP contribution is -2.14. The highest BCUT2D eigenvalue weighted by Crippen LogP contribution is 2.55. The van der Waals surface area contributed by atoms with Crippen LogP contribution >= 0.6 is 34.5 Å². The molecule has 0 spiro atoms. The van der Waals surface area contributed by atoms with E-state index in [1.54, 1.807) is 0 Å². The predicted molar refractivity (Wildman–Crippen MR) is 106 cm³/mol. The summed E-state index contributed by atoms with van der Waals surface area (Å²) in [6.45, 7) is 7.01. The van der Waals surface area contributed by atoms with Gasteiger partial charge in [0.25, 0.3) is 5.19 Å². The molecule has 0 N–H and O–H groups in total. The molecular formula is C18H21Cl2N3OS. The third-order valence-corrected chi connectivity index (χ3v) is 5.95. The topological polar surface area (TPSA) is 37.7 Å². The predicted octanol–water partition coefficient (Wildman–Crippen LogP) is 6.05. The number of alkyl halides is 1. The molecule has 134 valence electrons. The molecule has 1 aliphatic carbocycles. The van der Waals surface area contributed by atoms with Crippen LogP contribution in [0.25, 0.3) is 0 Å². The zero-order valence-electron chi connectivity index (χ0n) is 14.8. The maximum absolute atomic E-state index is 6.43. The van der Waals surface area contributed by atoms with Gasteiger partial charge >= 0.3 is 0 Å². The molecule has 1 fully saturated rings. The molecule has 2 aromatic rings. The van der Waals surface area contributed by atoms with Crippen LogP contribution in [0.3, 0.4) is 0 Å². The lowest BCUT2D eigenvalue weighted by molar-refractivity contribution is 0.473. The second kappa shape index (κ2) is 7.14. The Balaban J connectivity index is 1.82. The summed E-state index contributed by atoms with van der Waals surface area (Å²) in [6.07, 6.45) is 3.66. The molecule has 0 radical (unpaired) electrons. The van der Waals surface area contributed by atoms with Crippen LogP contribution in [0.15, 0.2) is 17.1 Å². The second-order valence-electron chi connectivity index (χ2n) is 6.39. The van der Waals surface area contributed by atoms with Crippen molar-refractivity contribution in [3.8, 4) is 10.9 Å². The summed E-state index contributed by atoms with van der Waals surface area (Å²) in [7, 11) is 2.00. The normalized spacial score (nSPS) is 15.6. The highest BCUT2D eigenvalue weighted by atomic mass is 35.5. The Morgan fingerprint density at radius 1 is 1.36 bits per heavy atom. The fraction of sp³-hybridized carbons (Fsp3) is 0.444. The van der Waals surface area contributed by atoms with Gasteiger partial charge in [0.15, 0.2) is 0 Å². The molecule has 0 unspecified atom stereocenters. The molecular weight excluding hydrogens is 377 g/mol. The molecule has 1 saturated carbocycles. The van der Waals surface area contributed by atoms with Crippen LogP contribution in [0.4, 0.5) is 5.69 Å². The smallest absolute Gasteiger partial charge is 0.280 e. The average Bonchev–Trinajstić information content (AvgIpc) is 3.20. The Bertz CT molecular complexity index is 815. The maximum atomic E-state index is 6.43. The molecule has 0 aliphatic heterocycles. The van der Waals surface area contributed by atoms with E-state index in [4.69, 9.17) is 27.9 Å². The number of aromatic nitrogens is 1. The van der Waals surface area contributed by atoms with Crippen LogP contribution in [-0.2, 0) is 4.87 Å². The van der Waals surface area contributed by atoms with E-state index < -0.39 is 0 Å². The van der Waals surface area contributed by atoms with Gasteiger partial charge < -0.3 is 9.64 Å². The van der Waals surface area contributed by atoms with Crippen molar-refractivity contribution in [2.24, 2.45) is 4.99 Å². The molecule has 0 amide bonds. The first-order chi connectivity index (χ1) is 11.8. The van der Waals surface area contributed by atoms with Crippen LogP contribution < -0.4 is 4.74 Å². The van der Waals surface area contributed by atoms with E-state index in [-0.39, 0.29) is 4.87 Å². The van der Waals surface area contributed by atoms with E-state index in [2.05, 4.69) is 16.9 Å². The number of rotatable bonds is 6. The van der Waals surface area contributed by atoms with Crippen molar-refractivity contribution in [2.75, 3.05) is 13.6 Å². The Hall–Kier alpha value is -1.30. The first-order valence-corrected chi connectivity index (χ1v) is 9.79. The van der Waals surface area contributed by atoms with E-state index >= 15 is 0 Å². The van der Waals surface area contributed by atoms with Crippen molar-refractivity contribution >= 4 is 46.6 Å². The zero-order chi connectivity index (χ0) is 18.2. The Kier molecular flexibility index (Phi) is 5.28. The lowest BCUT2D eigenvalue weighted by Gasteiger charge is -2.11. The minimum atomic E-state index is -0.385. The Labute approximate surface area is 162 Å². The SMILES string of the molecule is CCN(C)/C=N\c1cc(C)c(Oc2nc(C3(Cl)CC3)c(Cl)s2)cc1C. The number of thiazole rings is 1. The lowest BCUT2D eigenvalue weighted by atomic mass is 10.1. The quantitative estimate of drug-likeness (QED) is 0.338. The molecule has 25 heavy (non-hydrogen) atoms. The molecule has 1 heterocycles. The van der Waals surface area contributed by atoms with Crippen LogP contribution in [-0.4, -0.2) is 29.8 Å². The van der Waals surface area contributed by atoms with Crippen molar-refractivity contribution in [1.29, 1.82) is 0 Å². The number of nitrogens with zero attached hydrogens (tertiary/aromatic N) is 3. The van der Waals surface area contributed by atoms with Crippen LogP contribution in [0, 0.1) is 13.8 Å². The number of benzene rings is 1. The molecule has 0 atom stereocenters. The maximum Gasteiger partial charge on any atom is 0.280 e. The monoisotopic (exact) mass is 397 g/mol. The van der Waals surface area contributed by atoms with Crippen LogP contribution in [0.1, 0.15) is 36.6 Å². The van der Waals surface area contributed by atoms with Crippen molar-refractivity contribution in [2.45, 2.75) is 38.5 Å². The third-order valence-electron chi connectivity index (χ3n) is 4.26. The van der Waals surface area contributed by atoms with Gasteiger partial charge in [0.2, 0.25) is 0 Å². The number of aliphatic imine (C=N–C) groups is 1. The summed E-state index contributed by atoms with van der Waals surface area (Å²) in [6, 6.07) is 4.00. The van der Waals surface area contributed by atoms with Crippen molar-refractivity contribution in [3.05, 3.63) is 33.3 Å². The van der Waals surface area contributed by atoms with Crippen molar-refractivity contribution < 1.29 is 4.74 Å². The first kappa shape index (κ1) is 18.5. The molecule has 3 rings (SSSR count). The zero-order valence-corrected chi connectivity index (χ0v) is 17.1. The fourth-order valence-corrected chi connectivity index (χ4v) is 3.83. The third kappa shape index (κ3) is 4.10. The number of halogens is 2. The number of hydrogen-bond acceptors (Lipinski definition) is 4. The Morgan fingerprint density at radius 2 is 2.08 bits per heavy atom. The largest absolute Gasteiger partial charge is 0.431 e. The first-order valence-electron chi connectivity index (χ1n) is 8.21. The van der Waals surface area contributed by atoms with Crippen LogP contribution in [0.5, 0.6) is 10.9 Å². The van der Waals surface area contributed by atoms with E-state index in [1.165, 1.54) is 11.3 Å². The second-order valence-corrected chi connectivity index (χ2v) is 8.68. The van der Waals surface area contributed by atoms with Crippen molar-refractivity contribution in [3.63, 3.8) is 0 Å². The fourth-order valence-electron chi connectivity index (χ4n) is 2.31. The molecule has 7 heteroatoms. The van der Waals surface area contributed by atoms with Crippen molar-refractivity contribution in [1.82, 2.24) is 9.88 Å². The molecule has 0 saturated heterocycles. The molecule has 1 aromatic carbocycles.